The van der Waals surface area contributed by atoms with Crippen molar-refractivity contribution in [3.05, 3.63) is 0 Å². The molecule has 3 N–H and O–H groups in total. The average molecular weight is 288 g/mol. The van der Waals surface area contributed by atoms with Gasteiger partial charge in [0, 0.05) is 6.54 Å². The molecule has 7 nitrogen and oxygen atoms in total. The molecule has 116 valence electrons. The number of hydrogen-bond acceptors (Lipinski definition) is 4. The van der Waals surface area contributed by atoms with Crippen LogP contribution in [0, 0.1) is 11.3 Å². The molecule has 0 saturated carbocycles. The van der Waals surface area contributed by atoms with Gasteiger partial charge in [-0.15, -0.1) is 0 Å². The zero-order chi connectivity index (χ0) is 15.9. The van der Waals surface area contributed by atoms with E-state index in [4.69, 9.17) is 5.11 Å². The molecular weight excluding hydrogens is 264 g/mol. The smallest absolute Gasteiger partial charge is 0.328 e. The van der Waals surface area contributed by atoms with Crippen LogP contribution in [0.1, 0.15) is 34.1 Å². The van der Waals surface area contributed by atoms with Crippen LogP contribution in [0.5, 0.6) is 0 Å². The van der Waals surface area contributed by atoms with E-state index in [0.717, 1.165) is 0 Å². The summed E-state index contributed by atoms with van der Waals surface area (Å²) in [5.74, 6) is -1.33. The topological polar surface area (TPSA) is 105 Å². The summed E-state index contributed by atoms with van der Waals surface area (Å²) >= 11 is 0. The molecule has 0 radical (unpaired) electrons. The van der Waals surface area contributed by atoms with Crippen LogP contribution >= 0.6 is 0 Å². The van der Waals surface area contributed by atoms with E-state index in [0.29, 0.717) is 6.42 Å². The van der Waals surface area contributed by atoms with Crippen molar-refractivity contribution in [1.82, 2.24) is 10.6 Å². The molecule has 0 saturated heterocycles. The lowest BCUT2D eigenvalue weighted by Crippen LogP contribution is -2.49. The fourth-order valence-electron chi connectivity index (χ4n) is 1.41. The van der Waals surface area contributed by atoms with Gasteiger partial charge in [0.05, 0.1) is 12.5 Å². The van der Waals surface area contributed by atoms with Gasteiger partial charge in [-0.3, -0.25) is 4.79 Å². The SMILES string of the molecule is COC(=O)C(CC(C)C)NC(=O)NCC(C)(C)C(=O)O. The van der Waals surface area contributed by atoms with Gasteiger partial charge in [0.2, 0.25) is 0 Å². The number of ether oxygens (including phenoxy) is 1. The third kappa shape index (κ3) is 6.40. The molecule has 1 unspecified atom stereocenters. The molecule has 0 aromatic rings. The molecule has 1 atom stereocenters. The van der Waals surface area contributed by atoms with Crippen LogP contribution in [-0.2, 0) is 14.3 Å². The number of carboxylic acid groups (broad SMARTS) is 1. The van der Waals surface area contributed by atoms with Crippen LogP contribution < -0.4 is 10.6 Å². The van der Waals surface area contributed by atoms with Crippen LogP contribution in [0.2, 0.25) is 0 Å². The second-order valence-electron chi connectivity index (χ2n) is 5.72. The quantitative estimate of drug-likeness (QED) is 0.606. The molecule has 2 amide bonds. The zero-order valence-electron chi connectivity index (χ0n) is 12.6. The number of carbonyl (C=O) groups excluding carboxylic acids is 2. The molecule has 0 aliphatic heterocycles. The minimum atomic E-state index is -1.07. The van der Waals surface area contributed by atoms with Gasteiger partial charge in [0.1, 0.15) is 6.04 Å². The predicted octanol–water partition coefficient (Wildman–Crippen LogP) is 0.984. The van der Waals surface area contributed by atoms with Crippen molar-refractivity contribution in [2.45, 2.75) is 40.2 Å². The zero-order valence-corrected chi connectivity index (χ0v) is 12.6. The van der Waals surface area contributed by atoms with Crippen LogP contribution in [-0.4, -0.2) is 42.8 Å². The summed E-state index contributed by atoms with van der Waals surface area (Å²) < 4.78 is 4.62. The number of amides is 2. The summed E-state index contributed by atoms with van der Waals surface area (Å²) in [5, 5.41) is 13.9. The summed E-state index contributed by atoms with van der Waals surface area (Å²) in [6, 6.07) is -1.33. The maximum atomic E-state index is 11.7. The van der Waals surface area contributed by atoms with Crippen molar-refractivity contribution in [3.63, 3.8) is 0 Å². The first kappa shape index (κ1) is 18.2. The maximum absolute atomic E-state index is 11.7. The van der Waals surface area contributed by atoms with Gasteiger partial charge in [-0.25, -0.2) is 9.59 Å². The van der Waals surface area contributed by atoms with E-state index < -0.39 is 29.4 Å². The van der Waals surface area contributed by atoms with E-state index in [1.807, 2.05) is 13.8 Å². The molecule has 0 aromatic heterocycles. The minimum Gasteiger partial charge on any atom is -0.481 e. The van der Waals surface area contributed by atoms with Crippen molar-refractivity contribution in [3.8, 4) is 0 Å². The Bertz CT molecular complexity index is 366. The number of esters is 1. The Balaban J connectivity index is 4.47. The summed E-state index contributed by atoms with van der Waals surface area (Å²) in [5.41, 5.74) is -1.07. The first-order valence-electron chi connectivity index (χ1n) is 6.45. The Labute approximate surface area is 119 Å². The number of carbonyl (C=O) groups is 3. The Morgan fingerprint density at radius 1 is 1.25 bits per heavy atom. The Hall–Kier alpha value is -1.79. The van der Waals surface area contributed by atoms with E-state index in [1.165, 1.54) is 21.0 Å². The normalized spacial score (nSPS) is 12.7. The molecule has 0 bridgehead atoms. The number of rotatable bonds is 7. The Kier molecular flexibility index (Phi) is 7.02. The fourth-order valence-corrected chi connectivity index (χ4v) is 1.41. The maximum Gasteiger partial charge on any atom is 0.328 e. The largest absolute Gasteiger partial charge is 0.481 e. The number of carboxylic acids is 1. The van der Waals surface area contributed by atoms with Gasteiger partial charge >= 0.3 is 18.0 Å². The summed E-state index contributed by atoms with van der Waals surface area (Å²) in [4.78, 5) is 34.1. The van der Waals surface area contributed by atoms with Crippen LogP contribution in [0.4, 0.5) is 4.79 Å². The van der Waals surface area contributed by atoms with Gasteiger partial charge in [0.15, 0.2) is 0 Å². The lowest BCUT2D eigenvalue weighted by Gasteiger charge is -2.22. The average Bonchev–Trinajstić information content (AvgIpc) is 2.34. The summed E-state index contributed by atoms with van der Waals surface area (Å²) in [6.07, 6.45) is 0.447. The number of aliphatic carboxylic acids is 1. The lowest BCUT2D eigenvalue weighted by atomic mass is 9.94. The Morgan fingerprint density at radius 2 is 1.80 bits per heavy atom. The number of methoxy groups -OCH3 is 1. The molecule has 0 spiro atoms. The van der Waals surface area contributed by atoms with Gasteiger partial charge < -0.3 is 20.5 Å². The highest BCUT2D eigenvalue weighted by atomic mass is 16.5. The van der Waals surface area contributed by atoms with Crippen molar-refractivity contribution in [1.29, 1.82) is 0 Å². The van der Waals surface area contributed by atoms with E-state index in [2.05, 4.69) is 15.4 Å². The van der Waals surface area contributed by atoms with Gasteiger partial charge in [0.25, 0.3) is 0 Å². The van der Waals surface area contributed by atoms with E-state index in [-0.39, 0.29) is 12.5 Å². The third-order valence-corrected chi connectivity index (χ3v) is 2.77. The number of urea groups is 1. The van der Waals surface area contributed by atoms with Crippen molar-refractivity contribution in [2.75, 3.05) is 13.7 Å². The first-order valence-corrected chi connectivity index (χ1v) is 6.45. The van der Waals surface area contributed by atoms with E-state index in [9.17, 15) is 14.4 Å². The highest BCUT2D eigenvalue weighted by Gasteiger charge is 2.28. The molecular formula is C13H24N2O5. The highest BCUT2D eigenvalue weighted by molar-refractivity contribution is 5.84. The molecule has 20 heavy (non-hydrogen) atoms. The molecule has 0 aliphatic carbocycles. The molecule has 0 aliphatic rings. The van der Waals surface area contributed by atoms with Crippen molar-refractivity contribution >= 4 is 18.0 Å². The van der Waals surface area contributed by atoms with Gasteiger partial charge in [-0.1, -0.05) is 13.8 Å². The van der Waals surface area contributed by atoms with Crippen molar-refractivity contribution in [2.24, 2.45) is 11.3 Å². The molecule has 0 heterocycles. The van der Waals surface area contributed by atoms with Crippen LogP contribution in [0.15, 0.2) is 0 Å². The van der Waals surface area contributed by atoms with E-state index in [1.54, 1.807) is 0 Å². The highest BCUT2D eigenvalue weighted by Crippen LogP contribution is 2.13. The molecule has 0 aromatic carbocycles. The first-order chi connectivity index (χ1) is 9.10. The monoisotopic (exact) mass is 288 g/mol. The lowest BCUT2D eigenvalue weighted by molar-refractivity contribution is -0.146. The molecule has 0 fully saturated rings. The molecule has 0 rings (SSSR count). The minimum absolute atomic E-state index is 0.0380. The standard InChI is InChI=1S/C13H24N2O5/c1-8(2)6-9(10(16)20-5)15-12(19)14-7-13(3,4)11(17)18/h8-9H,6-7H2,1-5H3,(H,17,18)(H2,14,15,19). The molecule has 7 heteroatoms. The summed E-state index contributed by atoms with van der Waals surface area (Å²) in [7, 11) is 1.25. The van der Waals surface area contributed by atoms with Gasteiger partial charge in [-0.05, 0) is 26.2 Å². The summed E-state index contributed by atoms with van der Waals surface area (Å²) in [6.45, 7) is 6.80. The Morgan fingerprint density at radius 3 is 2.20 bits per heavy atom. The number of nitrogens with one attached hydrogen (secondary N) is 2. The number of hydrogen-bond donors (Lipinski definition) is 3. The second-order valence-corrected chi connectivity index (χ2v) is 5.72. The fraction of sp³-hybridized carbons (Fsp3) is 0.769. The third-order valence-electron chi connectivity index (χ3n) is 2.77. The van der Waals surface area contributed by atoms with Crippen LogP contribution in [0.25, 0.3) is 0 Å². The van der Waals surface area contributed by atoms with Crippen molar-refractivity contribution < 1.29 is 24.2 Å². The predicted molar refractivity (Wildman–Crippen MR) is 73.2 cm³/mol. The van der Waals surface area contributed by atoms with Crippen LogP contribution in [0.3, 0.4) is 0 Å². The second kappa shape index (κ2) is 7.72. The van der Waals surface area contributed by atoms with E-state index >= 15 is 0 Å². The van der Waals surface area contributed by atoms with Gasteiger partial charge in [-0.2, -0.15) is 0 Å².